The van der Waals surface area contributed by atoms with Gasteiger partial charge in [0.15, 0.2) is 11.6 Å². The van der Waals surface area contributed by atoms with E-state index in [4.69, 9.17) is 5.73 Å². The minimum atomic E-state index is -0.190. The van der Waals surface area contributed by atoms with E-state index in [1.165, 1.54) is 0 Å². The third-order valence-electron chi connectivity index (χ3n) is 3.55. The molecule has 1 aliphatic rings. The van der Waals surface area contributed by atoms with E-state index in [0.717, 1.165) is 0 Å². The van der Waals surface area contributed by atoms with Crippen LogP contribution in [-0.2, 0) is 0 Å². The van der Waals surface area contributed by atoms with E-state index in [9.17, 15) is 9.59 Å². The molecule has 0 bridgehead atoms. The van der Waals surface area contributed by atoms with Gasteiger partial charge in [0, 0.05) is 28.5 Å². The predicted octanol–water partition coefficient (Wildman–Crippen LogP) is 2.86. The molecule has 0 aliphatic heterocycles. The zero-order chi connectivity index (χ0) is 15.1. The van der Waals surface area contributed by atoms with Crippen LogP contribution in [0.1, 0.15) is 45.7 Å². The lowest BCUT2D eigenvalue weighted by Crippen LogP contribution is -2.25. The first-order valence-corrected chi connectivity index (χ1v) is 6.88. The van der Waals surface area contributed by atoms with Crippen LogP contribution in [0.25, 0.3) is 0 Å². The molecule has 1 aliphatic carbocycles. The Labute approximate surface area is 123 Å². The van der Waals surface area contributed by atoms with Crippen LogP contribution >= 0.6 is 0 Å². The Morgan fingerprint density at radius 3 is 2.05 bits per heavy atom. The molecule has 0 amide bonds. The maximum Gasteiger partial charge on any atom is 0.196 e. The lowest BCUT2D eigenvalue weighted by molar-refractivity contribution is 0.0980. The van der Waals surface area contributed by atoms with Crippen molar-refractivity contribution in [3.63, 3.8) is 0 Å². The molecule has 0 aromatic heterocycles. The molecule has 0 spiro atoms. The van der Waals surface area contributed by atoms with E-state index >= 15 is 0 Å². The Morgan fingerprint density at radius 1 is 0.905 bits per heavy atom. The van der Waals surface area contributed by atoms with Crippen molar-refractivity contribution in [2.75, 3.05) is 11.1 Å². The second kappa shape index (κ2) is 4.74. The van der Waals surface area contributed by atoms with Gasteiger partial charge in [0.05, 0.1) is 11.1 Å². The number of benzene rings is 2. The van der Waals surface area contributed by atoms with Crippen molar-refractivity contribution in [2.45, 2.75) is 19.9 Å². The van der Waals surface area contributed by atoms with Crippen LogP contribution in [-0.4, -0.2) is 17.6 Å². The van der Waals surface area contributed by atoms with Crippen LogP contribution in [0.5, 0.6) is 0 Å². The molecule has 0 saturated heterocycles. The first-order valence-electron chi connectivity index (χ1n) is 6.88. The maximum absolute atomic E-state index is 12.8. The summed E-state index contributed by atoms with van der Waals surface area (Å²) in [6.45, 7) is 3.96. The molecule has 0 radical (unpaired) electrons. The minimum absolute atomic E-state index is 0.151. The van der Waals surface area contributed by atoms with Gasteiger partial charge >= 0.3 is 0 Å². The highest BCUT2D eigenvalue weighted by Crippen LogP contribution is 2.35. The van der Waals surface area contributed by atoms with Crippen LogP contribution < -0.4 is 11.1 Å². The number of fused-ring (bicyclic) bond motifs is 2. The van der Waals surface area contributed by atoms with E-state index in [2.05, 4.69) is 5.32 Å². The molecule has 2 aromatic carbocycles. The number of hydrogen-bond acceptors (Lipinski definition) is 4. The van der Waals surface area contributed by atoms with Crippen LogP contribution in [0.15, 0.2) is 36.4 Å². The highest BCUT2D eigenvalue weighted by molar-refractivity contribution is 6.31. The van der Waals surface area contributed by atoms with Crippen molar-refractivity contribution in [1.29, 1.82) is 0 Å². The smallest absolute Gasteiger partial charge is 0.196 e. The number of carbonyl (C=O) groups is 2. The maximum atomic E-state index is 12.8. The Balaban J connectivity index is 2.29. The summed E-state index contributed by atoms with van der Waals surface area (Å²) in [6, 6.07) is 10.4. The van der Waals surface area contributed by atoms with Gasteiger partial charge in [0.2, 0.25) is 0 Å². The molecule has 0 saturated carbocycles. The van der Waals surface area contributed by atoms with E-state index < -0.39 is 0 Å². The second-order valence-corrected chi connectivity index (χ2v) is 5.46. The molecule has 4 heteroatoms. The van der Waals surface area contributed by atoms with Crippen LogP contribution in [0.4, 0.5) is 11.4 Å². The van der Waals surface area contributed by atoms with Crippen molar-refractivity contribution in [2.24, 2.45) is 0 Å². The van der Waals surface area contributed by atoms with E-state index in [-0.39, 0.29) is 17.6 Å². The minimum Gasteiger partial charge on any atom is -0.398 e. The number of rotatable bonds is 2. The fourth-order valence-corrected chi connectivity index (χ4v) is 2.68. The Hall–Kier alpha value is -2.62. The third kappa shape index (κ3) is 2.00. The van der Waals surface area contributed by atoms with Gasteiger partial charge < -0.3 is 11.1 Å². The Bertz CT molecular complexity index is 763. The number of nitrogen functional groups attached to an aromatic ring is 1. The highest BCUT2D eigenvalue weighted by atomic mass is 16.1. The summed E-state index contributed by atoms with van der Waals surface area (Å²) in [5, 5.41) is 3.21. The van der Waals surface area contributed by atoms with Gasteiger partial charge in [-0.3, -0.25) is 9.59 Å². The standard InChI is InChI=1S/C17H16N2O2/c1-9(2)19-13-8-7-12(18)14-15(13)17(21)11-6-4-3-5-10(11)16(14)20/h3-9,19H,18H2,1-2H3. The zero-order valence-electron chi connectivity index (χ0n) is 11.9. The Morgan fingerprint density at radius 2 is 1.48 bits per heavy atom. The van der Waals surface area contributed by atoms with Crippen molar-refractivity contribution in [3.8, 4) is 0 Å². The summed E-state index contributed by atoms with van der Waals surface area (Å²) in [5.74, 6) is -0.347. The Kier molecular flexibility index (Phi) is 3.01. The summed E-state index contributed by atoms with van der Waals surface area (Å²) in [7, 11) is 0. The van der Waals surface area contributed by atoms with Gasteiger partial charge in [-0.1, -0.05) is 24.3 Å². The molecule has 3 N–H and O–H groups in total. The third-order valence-corrected chi connectivity index (χ3v) is 3.55. The lowest BCUT2D eigenvalue weighted by atomic mass is 9.82. The van der Waals surface area contributed by atoms with E-state index in [1.54, 1.807) is 36.4 Å². The normalized spacial score (nSPS) is 13.1. The van der Waals surface area contributed by atoms with Crippen molar-refractivity contribution in [3.05, 3.63) is 58.7 Å². The SMILES string of the molecule is CC(C)Nc1ccc(N)c2c1C(=O)c1ccccc1C2=O. The zero-order valence-corrected chi connectivity index (χ0v) is 11.9. The van der Waals surface area contributed by atoms with E-state index in [0.29, 0.717) is 33.6 Å². The van der Waals surface area contributed by atoms with E-state index in [1.807, 2.05) is 13.8 Å². The molecule has 0 unspecified atom stereocenters. The average Bonchev–Trinajstić information content (AvgIpc) is 2.46. The molecule has 2 aromatic rings. The molecule has 4 nitrogen and oxygen atoms in total. The average molecular weight is 280 g/mol. The fraction of sp³-hybridized carbons (Fsp3) is 0.176. The van der Waals surface area contributed by atoms with Gasteiger partial charge in [0.1, 0.15) is 0 Å². The summed E-state index contributed by atoms with van der Waals surface area (Å²) < 4.78 is 0. The van der Waals surface area contributed by atoms with Crippen molar-refractivity contribution < 1.29 is 9.59 Å². The number of nitrogens with two attached hydrogens (primary N) is 1. The lowest BCUT2D eigenvalue weighted by Gasteiger charge is -2.23. The monoisotopic (exact) mass is 280 g/mol. The first kappa shape index (κ1) is 13.4. The van der Waals surface area contributed by atoms with Crippen molar-refractivity contribution in [1.82, 2.24) is 0 Å². The number of ketones is 2. The summed E-state index contributed by atoms with van der Waals surface area (Å²) >= 11 is 0. The number of nitrogens with one attached hydrogen (secondary N) is 1. The quantitative estimate of drug-likeness (QED) is 0.708. The van der Waals surface area contributed by atoms with Crippen LogP contribution in [0.3, 0.4) is 0 Å². The molecular formula is C17H16N2O2. The van der Waals surface area contributed by atoms with Gasteiger partial charge in [-0.25, -0.2) is 0 Å². The molecule has 3 rings (SSSR count). The van der Waals surface area contributed by atoms with Crippen LogP contribution in [0.2, 0.25) is 0 Å². The summed E-state index contributed by atoms with van der Waals surface area (Å²) in [6.07, 6.45) is 0. The second-order valence-electron chi connectivity index (χ2n) is 5.46. The van der Waals surface area contributed by atoms with Gasteiger partial charge in [-0.05, 0) is 26.0 Å². The molecule has 0 heterocycles. The molecule has 21 heavy (non-hydrogen) atoms. The molecule has 106 valence electrons. The van der Waals surface area contributed by atoms with Crippen LogP contribution in [0, 0.1) is 0 Å². The summed E-state index contributed by atoms with van der Waals surface area (Å²) in [4.78, 5) is 25.4. The number of hydrogen-bond donors (Lipinski definition) is 2. The number of anilines is 2. The number of carbonyl (C=O) groups excluding carboxylic acids is 2. The summed E-state index contributed by atoms with van der Waals surface area (Å²) in [5.41, 5.74) is 8.49. The molecule has 0 fully saturated rings. The molecule has 0 atom stereocenters. The van der Waals surface area contributed by atoms with Gasteiger partial charge in [0.25, 0.3) is 0 Å². The predicted molar refractivity (Wildman–Crippen MR) is 82.9 cm³/mol. The fourth-order valence-electron chi connectivity index (χ4n) is 2.68. The van der Waals surface area contributed by atoms with Gasteiger partial charge in [-0.2, -0.15) is 0 Å². The largest absolute Gasteiger partial charge is 0.398 e. The highest BCUT2D eigenvalue weighted by Gasteiger charge is 2.33. The van der Waals surface area contributed by atoms with Crippen molar-refractivity contribution >= 4 is 22.9 Å². The molecular weight excluding hydrogens is 264 g/mol. The topological polar surface area (TPSA) is 72.2 Å². The van der Waals surface area contributed by atoms with Gasteiger partial charge in [-0.15, -0.1) is 0 Å². The first-order chi connectivity index (χ1) is 10.0.